The first-order valence-corrected chi connectivity index (χ1v) is 6.17. The van der Waals surface area contributed by atoms with E-state index in [1.807, 2.05) is 51.1 Å². The van der Waals surface area contributed by atoms with E-state index >= 15 is 0 Å². The summed E-state index contributed by atoms with van der Waals surface area (Å²) in [5.74, 6) is 0.102. The van der Waals surface area contributed by atoms with Crippen molar-refractivity contribution in [2.45, 2.75) is 27.7 Å². The summed E-state index contributed by atoms with van der Waals surface area (Å²) in [6.07, 6.45) is 0. The molecule has 0 aromatic heterocycles. The van der Waals surface area contributed by atoms with Crippen LogP contribution in [0.15, 0.2) is 36.4 Å². The summed E-state index contributed by atoms with van der Waals surface area (Å²) in [7, 11) is 0. The van der Waals surface area contributed by atoms with E-state index in [9.17, 15) is 4.79 Å². The van der Waals surface area contributed by atoms with Gasteiger partial charge in [-0.15, -0.1) is 0 Å². The van der Waals surface area contributed by atoms with Gasteiger partial charge in [-0.3, -0.25) is 4.79 Å². The molecule has 92 valence electrons. The highest BCUT2D eigenvalue weighted by Gasteiger charge is 2.10. The first-order valence-electron chi connectivity index (χ1n) is 6.17. The Morgan fingerprint density at radius 1 is 0.722 bits per heavy atom. The first kappa shape index (κ1) is 12.6. The third-order valence-electron chi connectivity index (χ3n) is 3.25. The molecule has 0 saturated heterocycles. The molecule has 0 heterocycles. The largest absolute Gasteiger partial charge is 0.289 e. The average molecular weight is 238 g/mol. The second-order valence-electron chi connectivity index (χ2n) is 5.00. The Hall–Kier alpha value is -1.89. The molecule has 0 saturated carbocycles. The molecule has 2 rings (SSSR count). The quantitative estimate of drug-likeness (QED) is 0.718. The van der Waals surface area contributed by atoms with Crippen molar-refractivity contribution in [1.82, 2.24) is 0 Å². The Bertz CT molecular complexity index is 589. The Kier molecular flexibility index (Phi) is 3.33. The zero-order valence-electron chi connectivity index (χ0n) is 11.4. The van der Waals surface area contributed by atoms with Crippen LogP contribution in [0, 0.1) is 27.7 Å². The minimum atomic E-state index is 0.102. The Morgan fingerprint density at radius 2 is 1.33 bits per heavy atom. The smallest absolute Gasteiger partial charge is 0.193 e. The van der Waals surface area contributed by atoms with Crippen molar-refractivity contribution in [3.05, 3.63) is 69.8 Å². The van der Waals surface area contributed by atoms with E-state index in [4.69, 9.17) is 0 Å². The van der Waals surface area contributed by atoms with Crippen LogP contribution < -0.4 is 0 Å². The van der Waals surface area contributed by atoms with Gasteiger partial charge in [0.2, 0.25) is 0 Å². The van der Waals surface area contributed by atoms with Crippen LogP contribution in [0.5, 0.6) is 0 Å². The Labute approximate surface area is 108 Å². The van der Waals surface area contributed by atoms with E-state index in [1.54, 1.807) is 0 Å². The van der Waals surface area contributed by atoms with Crippen LogP contribution in [-0.4, -0.2) is 5.78 Å². The molecule has 1 nitrogen and oxygen atoms in total. The number of carbonyl (C=O) groups excluding carboxylic acids is 1. The zero-order chi connectivity index (χ0) is 13.3. The highest BCUT2D eigenvalue weighted by Crippen LogP contribution is 2.16. The minimum absolute atomic E-state index is 0.102. The fourth-order valence-corrected chi connectivity index (χ4v) is 2.16. The van der Waals surface area contributed by atoms with Crippen LogP contribution >= 0.6 is 0 Å². The van der Waals surface area contributed by atoms with Crippen LogP contribution in [0.2, 0.25) is 0 Å². The third kappa shape index (κ3) is 2.51. The second kappa shape index (κ2) is 4.77. The maximum absolute atomic E-state index is 12.4. The van der Waals surface area contributed by atoms with Crippen molar-refractivity contribution in [1.29, 1.82) is 0 Å². The van der Waals surface area contributed by atoms with Gasteiger partial charge < -0.3 is 0 Å². The molecular formula is C17H18O. The molecule has 0 aliphatic heterocycles. The number of hydrogen-bond acceptors (Lipinski definition) is 1. The molecule has 0 aliphatic rings. The molecule has 0 spiro atoms. The SMILES string of the molecule is Cc1cc(C)cc(C(=O)c2ccc(C)c(C)c2)c1. The van der Waals surface area contributed by atoms with Crippen LogP contribution in [0.3, 0.4) is 0 Å². The minimum Gasteiger partial charge on any atom is -0.289 e. The molecule has 0 amide bonds. The molecule has 2 aromatic rings. The Morgan fingerprint density at radius 3 is 1.89 bits per heavy atom. The van der Waals surface area contributed by atoms with E-state index < -0.39 is 0 Å². The number of carbonyl (C=O) groups is 1. The summed E-state index contributed by atoms with van der Waals surface area (Å²) in [6.45, 7) is 8.13. The van der Waals surface area contributed by atoms with E-state index in [2.05, 4.69) is 13.0 Å². The molecule has 2 aromatic carbocycles. The second-order valence-corrected chi connectivity index (χ2v) is 5.00. The molecule has 1 heteroatoms. The lowest BCUT2D eigenvalue weighted by atomic mass is 9.97. The first-order chi connectivity index (χ1) is 8.47. The summed E-state index contributed by atoms with van der Waals surface area (Å²) >= 11 is 0. The van der Waals surface area contributed by atoms with Gasteiger partial charge >= 0.3 is 0 Å². The lowest BCUT2D eigenvalue weighted by Gasteiger charge is -2.06. The lowest BCUT2D eigenvalue weighted by molar-refractivity contribution is 0.103. The number of rotatable bonds is 2. The monoisotopic (exact) mass is 238 g/mol. The molecular weight excluding hydrogens is 220 g/mol. The van der Waals surface area contributed by atoms with Crippen molar-refractivity contribution < 1.29 is 4.79 Å². The van der Waals surface area contributed by atoms with Gasteiger partial charge in [-0.05, 0) is 57.0 Å². The van der Waals surface area contributed by atoms with Crippen LogP contribution in [0.1, 0.15) is 38.2 Å². The van der Waals surface area contributed by atoms with Gasteiger partial charge in [0.15, 0.2) is 5.78 Å². The van der Waals surface area contributed by atoms with Crippen molar-refractivity contribution in [3.8, 4) is 0 Å². The number of hydrogen-bond donors (Lipinski definition) is 0. The molecule has 0 fully saturated rings. The highest BCUT2D eigenvalue weighted by atomic mass is 16.1. The van der Waals surface area contributed by atoms with Crippen LogP contribution in [-0.2, 0) is 0 Å². The Balaban J connectivity index is 2.44. The van der Waals surface area contributed by atoms with E-state index in [0.717, 1.165) is 27.8 Å². The third-order valence-corrected chi connectivity index (χ3v) is 3.25. The van der Waals surface area contributed by atoms with Gasteiger partial charge in [-0.25, -0.2) is 0 Å². The summed E-state index contributed by atoms with van der Waals surface area (Å²) in [5, 5.41) is 0. The zero-order valence-corrected chi connectivity index (χ0v) is 11.4. The predicted molar refractivity (Wildman–Crippen MR) is 75.3 cm³/mol. The highest BCUT2D eigenvalue weighted by molar-refractivity contribution is 6.09. The fourth-order valence-electron chi connectivity index (χ4n) is 2.16. The summed E-state index contributed by atoms with van der Waals surface area (Å²) in [4.78, 5) is 12.4. The van der Waals surface area contributed by atoms with E-state index in [-0.39, 0.29) is 5.78 Å². The van der Waals surface area contributed by atoms with Gasteiger partial charge in [0.25, 0.3) is 0 Å². The number of aryl methyl sites for hydroxylation is 4. The molecule has 18 heavy (non-hydrogen) atoms. The molecule has 0 unspecified atom stereocenters. The average Bonchev–Trinajstić information content (AvgIpc) is 2.30. The van der Waals surface area contributed by atoms with Crippen LogP contribution in [0.4, 0.5) is 0 Å². The maximum atomic E-state index is 12.4. The maximum Gasteiger partial charge on any atom is 0.193 e. The van der Waals surface area contributed by atoms with Crippen molar-refractivity contribution in [2.24, 2.45) is 0 Å². The number of ketones is 1. The lowest BCUT2D eigenvalue weighted by Crippen LogP contribution is -2.03. The molecule has 0 N–H and O–H groups in total. The van der Waals surface area contributed by atoms with E-state index in [1.165, 1.54) is 5.56 Å². The predicted octanol–water partition coefficient (Wildman–Crippen LogP) is 4.15. The normalized spacial score (nSPS) is 10.4. The van der Waals surface area contributed by atoms with Gasteiger partial charge in [0.1, 0.15) is 0 Å². The fraction of sp³-hybridized carbons (Fsp3) is 0.235. The molecule has 0 radical (unpaired) electrons. The molecule has 0 aliphatic carbocycles. The number of benzene rings is 2. The molecule has 0 atom stereocenters. The summed E-state index contributed by atoms with van der Waals surface area (Å²) in [5.41, 5.74) is 6.17. The van der Waals surface area contributed by atoms with Gasteiger partial charge in [0.05, 0.1) is 0 Å². The summed E-state index contributed by atoms with van der Waals surface area (Å²) < 4.78 is 0. The van der Waals surface area contributed by atoms with E-state index in [0.29, 0.717) is 0 Å². The molecule has 0 bridgehead atoms. The van der Waals surface area contributed by atoms with Crippen molar-refractivity contribution >= 4 is 5.78 Å². The van der Waals surface area contributed by atoms with Gasteiger partial charge in [-0.1, -0.05) is 29.3 Å². The summed E-state index contributed by atoms with van der Waals surface area (Å²) in [6, 6.07) is 11.9. The standard InChI is InChI=1S/C17H18O/c1-11-7-12(2)9-16(8-11)17(18)15-6-5-13(3)14(4)10-15/h5-10H,1-4H3. The van der Waals surface area contributed by atoms with Gasteiger partial charge in [-0.2, -0.15) is 0 Å². The van der Waals surface area contributed by atoms with Crippen LogP contribution in [0.25, 0.3) is 0 Å². The van der Waals surface area contributed by atoms with Crippen molar-refractivity contribution in [2.75, 3.05) is 0 Å². The van der Waals surface area contributed by atoms with Gasteiger partial charge in [0, 0.05) is 11.1 Å². The van der Waals surface area contributed by atoms with Crippen molar-refractivity contribution in [3.63, 3.8) is 0 Å². The topological polar surface area (TPSA) is 17.1 Å².